The molecular formula is C23H13ClF9NO. The van der Waals surface area contributed by atoms with Crippen LogP contribution in [0.4, 0.5) is 39.5 Å². The van der Waals surface area contributed by atoms with Crippen LogP contribution in [0.25, 0.3) is 0 Å². The fourth-order valence-electron chi connectivity index (χ4n) is 3.12. The van der Waals surface area contributed by atoms with Gasteiger partial charge in [0.15, 0.2) is 0 Å². The van der Waals surface area contributed by atoms with Crippen LogP contribution in [0.2, 0.25) is 5.02 Å². The highest BCUT2D eigenvalue weighted by Crippen LogP contribution is 2.38. The van der Waals surface area contributed by atoms with Crippen molar-refractivity contribution in [3.8, 4) is 0 Å². The fourth-order valence-corrected chi connectivity index (χ4v) is 3.29. The summed E-state index contributed by atoms with van der Waals surface area (Å²) >= 11 is 5.87. The third kappa shape index (κ3) is 6.47. The smallest absolute Gasteiger partial charge is 0.390 e. The molecule has 3 rings (SSSR count). The molecule has 12 heteroatoms. The Labute approximate surface area is 197 Å². The number of hydrogen-bond acceptors (Lipinski definition) is 2. The van der Waals surface area contributed by atoms with E-state index in [-0.39, 0.29) is 22.4 Å². The van der Waals surface area contributed by atoms with Gasteiger partial charge in [-0.05, 0) is 30.3 Å². The maximum Gasteiger partial charge on any atom is 0.417 e. The Bertz CT molecular complexity index is 1220. The van der Waals surface area contributed by atoms with E-state index in [1.54, 1.807) is 6.07 Å². The van der Waals surface area contributed by atoms with Crippen LogP contribution >= 0.6 is 11.6 Å². The Hall–Kier alpha value is -3.21. The first-order chi connectivity index (χ1) is 16.2. The quantitative estimate of drug-likeness (QED) is 0.186. The van der Waals surface area contributed by atoms with Crippen molar-refractivity contribution >= 4 is 17.3 Å². The van der Waals surface area contributed by atoms with Crippen molar-refractivity contribution in [2.24, 2.45) is 5.16 Å². The molecule has 0 amide bonds. The van der Waals surface area contributed by atoms with Gasteiger partial charge in [0.05, 0.1) is 16.7 Å². The summed E-state index contributed by atoms with van der Waals surface area (Å²) in [5.74, 6) is 0. The van der Waals surface area contributed by atoms with Crippen LogP contribution < -0.4 is 0 Å². The Morgan fingerprint density at radius 1 is 0.714 bits per heavy atom. The Kier molecular flexibility index (Phi) is 7.39. The van der Waals surface area contributed by atoms with E-state index in [1.165, 1.54) is 24.3 Å². The molecule has 0 heterocycles. The lowest BCUT2D eigenvalue weighted by Crippen LogP contribution is -2.16. The minimum Gasteiger partial charge on any atom is -0.390 e. The molecule has 0 radical (unpaired) electrons. The molecule has 0 saturated carbocycles. The summed E-state index contributed by atoms with van der Waals surface area (Å²) in [7, 11) is 0. The highest BCUT2D eigenvalue weighted by Gasteiger charge is 2.38. The van der Waals surface area contributed by atoms with Crippen LogP contribution in [0.3, 0.4) is 0 Å². The predicted octanol–water partition coefficient (Wildman–Crippen LogP) is 8.37. The highest BCUT2D eigenvalue weighted by molar-refractivity contribution is 6.31. The number of hydrogen-bond donors (Lipinski definition) is 0. The number of alkyl halides is 9. The summed E-state index contributed by atoms with van der Waals surface area (Å²) < 4.78 is 119. The predicted molar refractivity (Wildman–Crippen MR) is 110 cm³/mol. The van der Waals surface area contributed by atoms with Gasteiger partial charge in [0.2, 0.25) is 0 Å². The van der Waals surface area contributed by atoms with Crippen molar-refractivity contribution in [1.29, 1.82) is 0 Å². The van der Waals surface area contributed by atoms with Gasteiger partial charge >= 0.3 is 18.5 Å². The van der Waals surface area contributed by atoms with E-state index in [4.69, 9.17) is 16.4 Å². The van der Waals surface area contributed by atoms with Crippen molar-refractivity contribution in [3.63, 3.8) is 0 Å². The average molecular weight is 526 g/mol. The van der Waals surface area contributed by atoms with E-state index >= 15 is 0 Å². The number of halogens is 10. The molecule has 0 aliphatic rings. The normalized spacial score (nSPS) is 13.1. The second kappa shape index (κ2) is 9.80. The third-order valence-electron chi connectivity index (χ3n) is 4.71. The zero-order valence-corrected chi connectivity index (χ0v) is 17.9. The average Bonchev–Trinajstić information content (AvgIpc) is 2.75. The van der Waals surface area contributed by atoms with Gasteiger partial charge in [-0.25, -0.2) is 0 Å². The second-order valence-electron chi connectivity index (χ2n) is 7.13. The molecule has 0 atom stereocenters. The standard InChI is InChI=1S/C23H13ClF9NO/c24-16-8-9-18(22(28,29)30)17(11-16)20(13-4-2-1-3-5-13)34-35-12-14-6-7-15(21(25,26)27)10-19(14)23(31,32)33/h1-11H,12H2. The maximum atomic E-state index is 13.6. The molecule has 2 nitrogen and oxygen atoms in total. The maximum absolute atomic E-state index is 13.6. The van der Waals surface area contributed by atoms with Gasteiger partial charge in [0.1, 0.15) is 12.3 Å². The molecule has 0 aliphatic carbocycles. The fraction of sp³-hybridized carbons (Fsp3) is 0.174. The molecule has 0 bridgehead atoms. The van der Waals surface area contributed by atoms with Crippen LogP contribution in [0, 0.1) is 0 Å². The van der Waals surface area contributed by atoms with Crippen LogP contribution in [0.5, 0.6) is 0 Å². The number of rotatable bonds is 5. The summed E-state index contributed by atoms with van der Waals surface area (Å²) in [4.78, 5) is 4.96. The van der Waals surface area contributed by atoms with Gasteiger partial charge < -0.3 is 4.84 Å². The van der Waals surface area contributed by atoms with Crippen LogP contribution in [0.15, 0.2) is 71.9 Å². The summed E-state index contributed by atoms with van der Waals surface area (Å²) in [6.07, 6.45) is -15.0. The molecule has 3 aromatic rings. The van der Waals surface area contributed by atoms with E-state index in [2.05, 4.69) is 5.16 Å². The summed E-state index contributed by atoms with van der Waals surface area (Å²) in [5.41, 5.74) is -5.70. The Morgan fingerprint density at radius 3 is 1.91 bits per heavy atom. The number of nitrogens with zero attached hydrogens (tertiary/aromatic N) is 1. The molecule has 3 aromatic carbocycles. The minimum atomic E-state index is -5.15. The van der Waals surface area contributed by atoms with E-state index in [1.807, 2.05) is 0 Å². The van der Waals surface area contributed by atoms with E-state index in [9.17, 15) is 39.5 Å². The van der Waals surface area contributed by atoms with Crippen molar-refractivity contribution in [2.45, 2.75) is 25.1 Å². The van der Waals surface area contributed by atoms with Crippen molar-refractivity contribution in [2.75, 3.05) is 0 Å². The monoisotopic (exact) mass is 525 g/mol. The van der Waals surface area contributed by atoms with E-state index in [0.717, 1.165) is 12.1 Å². The zero-order chi connectivity index (χ0) is 26.0. The van der Waals surface area contributed by atoms with Crippen molar-refractivity contribution < 1.29 is 44.4 Å². The summed E-state index contributed by atoms with van der Waals surface area (Å²) in [6, 6.07) is 11.0. The SMILES string of the molecule is FC(F)(F)c1ccc(CON=C(c2ccccc2)c2cc(Cl)ccc2C(F)(F)F)c(C(F)(F)F)c1. The first-order valence-corrected chi connectivity index (χ1v) is 9.95. The molecule has 0 unspecified atom stereocenters. The van der Waals surface area contributed by atoms with Gasteiger partial charge in [-0.2, -0.15) is 39.5 Å². The lowest BCUT2D eigenvalue weighted by Gasteiger charge is -2.17. The second-order valence-corrected chi connectivity index (χ2v) is 7.57. The van der Waals surface area contributed by atoms with E-state index < -0.39 is 53.0 Å². The minimum absolute atomic E-state index is 0.0702. The van der Waals surface area contributed by atoms with Gasteiger partial charge in [0, 0.05) is 21.7 Å². The lowest BCUT2D eigenvalue weighted by atomic mass is 9.97. The van der Waals surface area contributed by atoms with Crippen LogP contribution in [-0.4, -0.2) is 5.71 Å². The number of benzene rings is 3. The highest BCUT2D eigenvalue weighted by atomic mass is 35.5. The first-order valence-electron chi connectivity index (χ1n) is 9.57. The third-order valence-corrected chi connectivity index (χ3v) is 4.94. The topological polar surface area (TPSA) is 21.6 Å². The van der Waals surface area contributed by atoms with Crippen molar-refractivity contribution in [1.82, 2.24) is 0 Å². The summed E-state index contributed by atoms with van der Waals surface area (Å²) in [6.45, 7) is -0.967. The van der Waals surface area contributed by atoms with E-state index in [0.29, 0.717) is 18.2 Å². The van der Waals surface area contributed by atoms with Gasteiger partial charge in [-0.1, -0.05) is 53.2 Å². The molecule has 0 N–H and O–H groups in total. The lowest BCUT2D eigenvalue weighted by molar-refractivity contribution is -0.144. The summed E-state index contributed by atoms with van der Waals surface area (Å²) in [5, 5.41) is 3.57. The zero-order valence-electron chi connectivity index (χ0n) is 17.2. The molecule has 0 spiro atoms. The Balaban J connectivity index is 2.06. The van der Waals surface area contributed by atoms with Crippen molar-refractivity contribution in [3.05, 3.63) is 105 Å². The van der Waals surface area contributed by atoms with Gasteiger partial charge in [-0.3, -0.25) is 0 Å². The molecular weight excluding hydrogens is 513 g/mol. The number of oxime groups is 1. The molecule has 0 aliphatic heterocycles. The Morgan fingerprint density at radius 2 is 1.34 bits per heavy atom. The molecule has 0 fully saturated rings. The molecule has 186 valence electrons. The van der Waals surface area contributed by atoms with Crippen LogP contribution in [0.1, 0.15) is 33.4 Å². The largest absolute Gasteiger partial charge is 0.417 e. The van der Waals surface area contributed by atoms with Crippen LogP contribution in [-0.2, 0) is 30.0 Å². The molecule has 35 heavy (non-hydrogen) atoms. The molecule has 0 saturated heterocycles. The van der Waals surface area contributed by atoms with Gasteiger partial charge in [0.25, 0.3) is 0 Å². The van der Waals surface area contributed by atoms with Gasteiger partial charge in [-0.15, -0.1) is 0 Å². The molecule has 0 aromatic heterocycles. The first kappa shape index (κ1) is 26.4.